The summed E-state index contributed by atoms with van der Waals surface area (Å²) in [6, 6.07) is 12.5. The molecule has 0 saturated carbocycles. The molecule has 0 heterocycles. The molecular weight excluding hydrogens is 272 g/mol. The van der Waals surface area contributed by atoms with Crippen LogP contribution in [0, 0.1) is 20.8 Å². The Kier molecular flexibility index (Phi) is 3.88. The molecule has 0 aromatic heterocycles. The van der Waals surface area contributed by atoms with Gasteiger partial charge >= 0.3 is 6.03 Å². The summed E-state index contributed by atoms with van der Waals surface area (Å²) < 4.78 is 0. The molecule has 22 heavy (non-hydrogen) atoms. The van der Waals surface area contributed by atoms with Gasteiger partial charge in [-0.1, -0.05) is 42.0 Å². The smallest absolute Gasteiger partial charge is 0.319 e. The van der Waals surface area contributed by atoms with E-state index < -0.39 is 0 Å². The molecule has 0 saturated heterocycles. The molecule has 0 spiro atoms. The van der Waals surface area contributed by atoms with Crippen LogP contribution in [0.5, 0.6) is 0 Å². The molecule has 2 amide bonds. The van der Waals surface area contributed by atoms with Gasteiger partial charge < -0.3 is 10.6 Å². The first-order valence-corrected chi connectivity index (χ1v) is 7.78. The van der Waals surface area contributed by atoms with Crippen LogP contribution >= 0.6 is 0 Å². The van der Waals surface area contributed by atoms with Crippen LogP contribution < -0.4 is 10.6 Å². The van der Waals surface area contributed by atoms with Crippen LogP contribution in [0.15, 0.2) is 36.4 Å². The van der Waals surface area contributed by atoms with Crippen LogP contribution in [0.1, 0.15) is 40.3 Å². The molecular formula is C19H22N2O. The highest BCUT2D eigenvalue weighted by atomic mass is 16.2. The Morgan fingerprint density at radius 2 is 1.77 bits per heavy atom. The van der Waals surface area contributed by atoms with Gasteiger partial charge in [-0.05, 0) is 55.9 Å². The third kappa shape index (κ3) is 2.84. The SMILES string of the molecule is Cc1cc(C)c(NC(=O)NC2CCc3ccccc32)c(C)c1. The molecule has 114 valence electrons. The van der Waals surface area contributed by atoms with Crippen molar-refractivity contribution in [1.82, 2.24) is 5.32 Å². The number of hydrogen-bond acceptors (Lipinski definition) is 1. The van der Waals surface area contributed by atoms with Crippen LogP contribution in [0.3, 0.4) is 0 Å². The van der Waals surface area contributed by atoms with Crippen LogP contribution in [-0.2, 0) is 6.42 Å². The van der Waals surface area contributed by atoms with Crippen LogP contribution in [0.4, 0.5) is 10.5 Å². The van der Waals surface area contributed by atoms with E-state index in [1.807, 2.05) is 19.9 Å². The van der Waals surface area contributed by atoms with Crippen LogP contribution in [0.2, 0.25) is 0 Å². The summed E-state index contributed by atoms with van der Waals surface area (Å²) in [4.78, 5) is 12.3. The first-order chi connectivity index (χ1) is 10.5. The number of fused-ring (bicyclic) bond motifs is 1. The van der Waals surface area contributed by atoms with E-state index in [0.29, 0.717) is 0 Å². The Morgan fingerprint density at radius 3 is 2.50 bits per heavy atom. The molecule has 0 aliphatic heterocycles. The molecule has 0 bridgehead atoms. The quantitative estimate of drug-likeness (QED) is 0.845. The highest BCUT2D eigenvalue weighted by Gasteiger charge is 2.23. The van der Waals surface area contributed by atoms with Crippen LogP contribution in [-0.4, -0.2) is 6.03 Å². The number of carbonyl (C=O) groups excluding carboxylic acids is 1. The van der Waals surface area contributed by atoms with Crippen molar-refractivity contribution in [3.05, 3.63) is 64.2 Å². The van der Waals surface area contributed by atoms with Crippen molar-refractivity contribution < 1.29 is 4.79 Å². The fraction of sp³-hybridized carbons (Fsp3) is 0.316. The number of amides is 2. The minimum Gasteiger partial charge on any atom is -0.331 e. The van der Waals surface area contributed by atoms with Gasteiger partial charge in [-0.3, -0.25) is 0 Å². The van der Waals surface area contributed by atoms with Crippen molar-refractivity contribution in [2.75, 3.05) is 5.32 Å². The number of nitrogens with one attached hydrogen (secondary N) is 2. The lowest BCUT2D eigenvalue weighted by Crippen LogP contribution is -2.32. The van der Waals surface area contributed by atoms with Crippen molar-refractivity contribution in [3.8, 4) is 0 Å². The summed E-state index contributed by atoms with van der Waals surface area (Å²) in [6.07, 6.45) is 2.00. The number of benzene rings is 2. The molecule has 1 aliphatic carbocycles. The zero-order valence-corrected chi connectivity index (χ0v) is 13.4. The molecule has 1 aliphatic rings. The first-order valence-electron chi connectivity index (χ1n) is 7.78. The van der Waals surface area contributed by atoms with E-state index in [0.717, 1.165) is 29.7 Å². The van der Waals surface area contributed by atoms with Gasteiger partial charge in [0.25, 0.3) is 0 Å². The van der Waals surface area contributed by atoms with Crippen LogP contribution in [0.25, 0.3) is 0 Å². The maximum atomic E-state index is 12.3. The van der Waals surface area contributed by atoms with E-state index in [1.165, 1.54) is 16.7 Å². The van der Waals surface area contributed by atoms with Crippen molar-refractivity contribution in [1.29, 1.82) is 0 Å². The van der Waals surface area contributed by atoms with Gasteiger partial charge in [0, 0.05) is 5.69 Å². The molecule has 3 rings (SSSR count). The van der Waals surface area contributed by atoms with E-state index in [1.54, 1.807) is 0 Å². The first kappa shape index (κ1) is 14.6. The van der Waals surface area contributed by atoms with E-state index >= 15 is 0 Å². The Morgan fingerprint density at radius 1 is 1.09 bits per heavy atom. The maximum Gasteiger partial charge on any atom is 0.319 e. The third-order valence-electron chi connectivity index (χ3n) is 4.35. The van der Waals surface area contributed by atoms with Gasteiger partial charge in [-0.15, -0.1) is 0 Å². The Hall–Kier alpha value is -2.29. The summed E-state index contributed by atoms with van der Waals surface area (Å²) in [5.41, 5.74) is 6.91. The molecule has 2 aromatic carbocycles. The van der Waals surface area contributed by atoms with Crippen molar-refractivity contribution >= 4 is 11.7 Å². The van der Waals surface area contributed by atoms with E-state index in [2.05, 4.69) is 47.9 Å². The average molecular weight is 294 g/mol. The van der Waals surface area contributed by atoms with Gasteiger partial charge in [-0.25, -0.2) is 4.79 Å². The van der Waals surface area contributed by atoms with E-state index in [9.17, 15) is 4.79 Å². The lowest BCUT2D eigenvalue weighted by atomic mass is 10.1. The Bertz CT molecular complexity index is 698. The van der Waals surface area contributed by atoms with Gasteiger partial charge in [0.2, 0.25) is 0 Å². The summed E-state index contributed by atoms with van der Waals surface area (Å²) in [5, 5.41) is 6.12. The fourth-order valence-corrected chi connectivity index (χ4v) is 3.39. The second-order valence-corrected chi connectivity index (χ2v) is 6.16. The summed E-state index contributed by atoms with van der Waals surface area (Å²) in [7, 11) is 0. The standard InChI is InChI=1S/C19H22N2O/c1-12-10-13(2)18(14(3)11-12)21-19(22)20-17-9-8-15-6-4-5-7-16(15)17/h4-7,10-11,17H,8-9H2,1-3H3,(H2,20,21,22). The predicted octanol–water partition coefficient (Wildman–Crippen LogP) is 4.42. The topological polar surface area (TPSA) is 41.1 Å². The number of hydrogen-bond donors (Lipinski definition) is 2. The number of anilines is 1. The lowest BCUT2D eigenvalue weighted by Gasteiger charge is -2.17. The highest BCUT2D eigenvalue weighted by Crippen LogP contribution is 2.31. The zero-order valence-electron chi connectivity index (χ0n) is 13.4. The van der Waals surface area contributed by atoms with E-state index in [-0.39, 0.29) is 12.1 Å². The van der Waals surface area contributed by atoms with Gasteiger partial charge in [0.05, 0.1) is 6.04 Å². The number of aryl methyl sites for hydroxylation is 4. The third-order valence-corrected chi connectivity index (χ3v) is 4.35. The summed E-state index contributed by atoms with van der Waals surface area (Å²) >= 11 is 0. The number of urea groups is 1. The van der Waals surface area contributed by atoms with Gasteiger partial charge in [-0.2, -0.15) is 0 Å². The largest absolute Gasteiger partial charge is 0.331 e. The molecule has 1 unspecified atom stereocenters. The molecule has 0 radical (unpaired) electrons. The van der Waals surface area contributed by atoms with Crippen molar-refractivity contribution in [2.45, 2.75) is 39.7 Å². The number of carbonyl (C=O) groups is 1. The molecule has 1 atom stereocenters. The van der Waals surface area contributed by atoms with E-state index in [4.69, 9.17) is 0 Å². The average Bonchev–Trinajstić information content (AvgIpc) is 2.86. The summed E-state index contributed by atoms with van der Waals surface area (Å²) in [5.74, 6) is 0. The molecule has 0 fully saturated rings. The maximum absolute atomic E-state index is 12.3. The highest BCUT2D eigenvalue weighted by molar-refractivity contribution is 5.91. The number of rotatable bonds is 2. The molecule has 3 nitrogen and oxygen atoms in total. The Balaban J connectivity index is 1.72. The predicted molar refractivity (Wildman–Crippen MR) is 90.3 cm³/mol. The molecule has 2 N–H and O–H groups in total. The van der Waals surface area contributed by atoms with Crippen molar-refractivity contribution in [2.24, 2.45) is 0 Å². The molecule has 2 aromatic rings. The monoisotopic (exact) mass is 294 g/mol. The fourth-order valence-electron chi connectivity index (χ4n) is 3.39. The normalized spacial score (nSPS) is 16.2. The van der Waals surface area contributed by atoms with Gasteiger partial charge in [0.1, 0.15) is 0 Å². The van der Waals surface area contributed by atoms with Crippen molar-refractivity contribution in [3.63, 3.8) is 0 Å². The molecule has 3 heteroatoms. The summed E-state index contributed by atoms with van der Waals surface area (Å²) in [6.45, 7) is 6.13. The zero-order chi connectivity index (χ0) is 15.7. The second-order valence-electron chi connectivity index (χ2n) is 6.16. The van der Waals surface area contributed by atoms with Gasteiger partial charge in [0.15, 0.2) is 0 Å². The Labute approximate surface area is 131 Å². The lowest BCUT2D eigenvalue weighted by molar-refractivity contribution is 0.248. The minimum absolute atomic E-state index is 0.113. The second kappa shape index (κ2) is 5.84. The minimum atomic E-state index is -0.128.